The van der Waals surface area contributed by atoms with Crippen molar-refractivity contribution in [3.63, 3.8) is 0 Å². The Labute approximate surface area is 211 Å². The number of benzene rings is 3. The number of aromatic nitrogens is 1. The minimum Gasteiger partial charge on any atom is -0.493 e. The van der Waals surface area contributed by atoms with E-state index in [0.29, 0.717) is 39.4 Å². The number of carbonyl (C=O) groups is 1. The molecule has 0 aliphatic rings. The van der Waals surface area contributed by atoms with E-state index in [-0.39, 0.29) is 17.3 Å². The number of fused-ring (bicyclic) bond motifs is 1. The first-order valence-corrected chi connectivity index (χ1v) is 11.1. The average molecular weight is 510 g/mol. The highest BCUT2D eigenvalue weighted by Crippen LogP contribution is 2.37. The van der Waals surface area contributed by atoms with Gasteiger partial charge in [0, 0.05) is 29.4 Å². The minimum atomic E-state index is -0.653. The summed E-state index contributed by atoms with van der Waals surface area (Å²) >= 11 is 5.13. The second-order valence-corrected chi connectivity index (χ2v) is 8.00. The van der Waals surface area contributed by atoms with E-state index in [1.807, 2.05) is 0 Å². The zero-order valence-electron chi connectivity index (χ0n) is 19.3. The normalized spacial score (nSPS) is 10.6. The largest absolute Gasteiger partial charge is 0.493 e. The molecule has 0 saturated carbocycles. The number of hydrogen-bond donors (Lipinski definition) is 2. The molecule has 0 unspecified atom stereocenters. The molecule has 36 heavy (non-hydrogen) atoms. The van der Waals surface area contributed by atoms with Gasteiger partial charge < -0.3 is 24.8 Å². The van der Waals surface area contributed by atoms with E-state index in [2.05, 4.69) is 15.6 Å². The summed E-state index contributed by atoms with van der Waals surface area (Å²) in [6, 6.07) is 14.9. The number of halogens is 2. The van der Waals surface area contributed by atoms with Crippen LogP contribution in [0.15, 0.2) is 66.9 Å². The van der Waals surface area contributed by atoms with Gasteiger partial charge in [0.1, 0.15) is 11.6 Å². The van der Waals surface area contributed by atoms with Crippen molar-refractivity contribution >= 4 is 39.8 Å². The molecule has 0 radical (unpaired) electrons. The third-order valence-corrected chi connectivity index (χ3v) is 5.33. The Hall–Kier alpha value is -4.31. The number of nitrogens with one attached hydrogen (secondary N) is 2. The highest BCUT2D eigenvalue weighted by atomic mass is 32.1. The molecule has 0 atom stereocenters. The molecule has 10 heteroatoms. The van der Waals surface area contributed by atoms with Crippen LogP contribution in [0.1, 0.15) is 5.56 Å². The molecule has 184 valence electrons. The van der Waals surface area contributed by atoms with Crippen LogP contribution in [-0.4, -0.2) is 30.2 Å². The maximum atomic E-state index is 14.8. The zero-order chi connectivity index (χ0) is 25.7. The summed E-state index contributed by atoms with van der Waals surface area (Å²) in [7, 11) is 3.04. The van der Waals surface area contributed by atoms with Crippen LogP contribution in [0.4, 0.5) is 14.5 Å². The molecule has 0 aliphatic heterocycles. The number of hydrogen-bond acceptors (Lipinski definition) is 6. The first-order chi connectivity index (χ1) is 17.4. The Bertz CT molecular complexity index is 1450. The van der Waals surface area contributed by atoms with Gasteiger partial charge in [-0.25, -0.2) is 8.78 Å². The van der Waals surface area contributed by atoms with E-state index in [1.165, 1.54) is 44.6 Å². The lowest BCUT2D eigenvalue weighted by Crippen LogP contribution is -2.35. The average Bonchev–Trinajstić information content (AvgIpc) is 2.84. The van der Waals surface area contributed by atoms with E-state index in [0.717, 1.165) is 0 Å². The number of ether oxygens (including phenoxy) is 3. The molecule has 1 amide bonds. The highest BCUT2D eigenvalue weighted by molar-refractivity contribution is 7.80. The van der Waals surface area contributed by atoms with Crippen molar-refractivity contribution in [2.24, 2.45) is 0 Å². The fraction of sp³-hybridized carbons (Fsp3) is 0.115. The number of methoxy groups -OCH3 is 2. The Morgan fingerprint density at radius 2 is 1.72 bits per heavy atom. The third-order valence-electron chi connectivity index (χ3n) is 5.12. The summed E-state index contributed by atoms with van der Waals surface area (Å²) in [6.45, 7) is 0. The summed E-state index contributed by atoms with van der Waals surface area (Å²) in [5, 5.41) is 5.82. The smallest absolute Gasteiger partial charge is 0.230 e. The molecule has 4 aromatic rings. The summed E-state index contributed by atoms with van der Waals surface area (Å²) in [4.78, 5) is 16.5. The Morgan fingerprint density at radius 1 is 0.944 bits per heavy atom. The molecule has 0 aliphatic carbocycles. The maximum absolute atomic E-state index is 14.8. The van der Waals surface area contributed by atoms with Gasteiger partial charge >= 0.3 is 0 Å². The third kappa shape index (κ3) is 5.84. The molecule has 0 bridgehead atoms. The first kappa shape index (κ1) is 24.8. The lowest BCUT2D eigenvalue weighted by atomic mass is 10.1. The molecular formula is C26H21F2N3O4S. The van der Waals surface area contributed by atoms with E-state index >= 15 is 0 Å². The van der Waals surface area contributed by atoms with Crippen LogP contribution in [0.5, 0.6) is 23.0 Å². The van der Waals surface area contributed by atoms with Gasteiger partial charge in [0.25, 0.3) is 0 Å². The second kappa shape index (κ2) is 11.0. The number of nitrogens with zero attached hydrogens (tertiary/aromatic N) is 1. The zero-order valence-corrected chi connectivity index (χ0v) is 20.1. The summed E-state index contributed by atoms with van der Waals surface area (Å²) in [6.07, 6.45) is 1.49. The van der Waals surface area contributed by atoms with Crippen LogP contribution in [-0.2, 0) is 11.2 Å². The summed E-state index contributed by atoms with van der Waals surface area (Å²) < 4.78 is 44.6. The Kier molecular flexibility index (Phi) is 7.55. The van der Waals surface area contributed by atoms with Gasteiger partial charge in [0.05, 0.1) is 26.2 Å². The van der Waals surface area contributed by atoms with Crippen molar-refractivity contribution in [3.05, 3.63) is 84.1 Å². The number of pyridine rings is 1. The van der Waals surface area contributed by atoms with Crippen molar-refractivity contribution < 1.29 is 27.8 Å². The van der Waals surface area contributed by atoms with Gasteiger partial charge in [-0.1, -0.05) is 12.1 Å². The monoisotopic (exact) mass is 509 g/mol. The molecule has 0 fully saturated rings. The summed E-state index contributed by atoms with van der Waals surface area (Å²) in [5.41, 5.74) is 1.40. The fourth-order valence-corrected chi connectivity index (χ4v) is 3.71. The standard InChI is InChI=1S/C26H21F2N3O4S/c1-33-23-13-18-20(14-24(23)34-2)29-9-8-21(18)35-22-7-6-17(12-19(22)28)30-26(36)31-25(32)11-15-4-3-5-16(27)10-15/h3-10,12-14H,11H2,1-2H3,(H2,30,31,32,36). The quantitative estimate of drug-likeness (QED) is 0.324. The molecule has 4 rings (SSSR count). The van der Waals surface area contributed by atoms with Crippen LogP contribution < -0.4 is 24.8 Å². The van der Waals surface area contributed by atoms with E-state index in [1.54, 1.807) is 36.5 Å². The van der Waals surface area contributed by atoms with Crippen molar-refractivity contribution in [3.8, 4) is 23.0 Å². The SMILES string of the molecule is COc1cc2nccc(Oc3ccc(NC(=S)NC(=O)Cc4cccc(F)c4)cc3F)c2cc1OC. The number of anilines is 1. The fourth-order valence-electron chi connectivity index (χ4n) is 3.48. The predicted octanol–water partition coefficient (Wildman–Crippen LogP) is 5.38. The van der Waals surface area contributed by atoms with Gasteiger partial charge in [-0.05, 0) is 54.2 Å². The predicted molar refractivity (Wildman–Crippen MR) is 136 cm³/mol. The van der Waals surface area contributed by atoms with Gasteiger partial charge in [0.15, 0.2) is 28.2 Å². The van der Waals surface area contributed by atoms with Crippen LogP contribution in [0.25, 0.3) is 10.9 Å². The molecule has 7 nitrogen and oxygen atoms in total. The first-order valence-electron chi connectivity index (χ1n) is 10.7. The molecule has 0 spiro atoms. The number of rotatable bonds is 7. The number of amides is 1. The van der Waals surface area contributed by atoms with Gasteiger partial charge in [-0.2, -0.15) is 0 Å². The molecule has 1 aromatic heterocycles. The second-order valence-electron chi connectivity index (χ2n) is 7.59. The van der Waals surface area contributed by atoms with Crippen LogP contribution in [0.3, 0.4) is 0 Å². The van der Waals surface area contributed by atoms with Gasteiger partial charge in [-0.15, -0.1) is 0 Å². The lowest BCUT2D eigenvalue weighted by Gasteiger charge is -2.14. The van der Waals surface area contributed by atoms with Crippen LogP contribution >= 0.6 is 12.2 Å². The van der Waals surface area contributed by atoms with Crippen molar-refractivity contribution in [2.45, 2.75) is 6.42 Å². The van der Waals surface area contributed by atoms with Crippen LogP contribution in [0, 0.1) is 11.6 Å². The molecule has 3 aromatic carbocycles. The Morgan fingerprint density at radius 3 is 2.44 bits per heavy atom. The van der Waals surface area contributed by atoms with Crippen molar-refractivity contribution in [2.75, 3.05) is 19.5 Å². The van der Waals surface area contributed by atoms with E-state index < -0.39 is 17.5 Å². The van der Waals surface area contributed by atoms with Gasteiger partial charge in [0.2, 0.25) is 5.91 Å². The minimum absolute atomic E-state index is 0.0226. The summed E-state index contributed by atoms with van der Waals surface area (Å²) in [5.74, 6) is -0.178. The van der Waals surface area contributed by atoms with Crippen molar-refractivity contribution in [1.82, 2.24) is 10.3 Å². The lowest BCUT2D eigenvalue weighted by molar-refractivity contribution is -0.119. The van der Waals surface area contributed by atoms with Crippen molar-refractivity contribution in [1.29, 1.82) is 0 Å². The highest BCUT2D eigenvalue weighted by Gasteiger charge is 2.14. The topological polar surface area (TPSA) is 81.7 Å². The molecular weight excluding hydrogens is 488 g/mol. The van der Waals surface area contributed by atoms with Crippen LogP contribution in [0.2, 0.25) is 0 Å². The van der Waals surface area contributed by atoms with E-state index in [4.69, 9.17) is 26.4 Å². The molecule has 1 heterocycles. The Balaban J connectivity index is 1.44. The molecule has 0 saturated heterocycles. The molecule has 2 N–H and O–H groups in total. The number of carbonyl (C=O) groups excluding carboxylic acids is 1. The van der Waals surface area contributed by atoms with E-state index in [9.17, 15) is 13.6 Å². The van der Waals surface area contributed by atoms with Gasteiger partial charge in [-0.3, -0.25) is 9.78 Å². The maximum Gasteiger partial charge on any atom is 0.230 e. The number of thiocarbonyl (C=S) groups is 1.